The molecule has 1 aliphatic rings. The zero-order valence-corrected chi connectivity index (χ0v) is 11.0. The Hall–Kier alpha value is -0.990. The highest BCUT2D eigenvalue weighted by atomic mass is 35.5. The fourth-order valence-electron chi connectivity index (χ4n) is 2.03. The Labute approximate surface area is 108 Å². The average molecular weight is 252 g/mol. The first kappa shape index (κ1) is 12.5. The van der Waals surface area contributed by atoms with Crippen molar-refractivity contribution in [3.8, 4) is 0 Å². The molecule has 0 saturated carbocycles. The van der Waals surface area contributed by atoms with Gasteiger partial charge in [-0.2, -0.15) is 0 Å². The topological polar surface area (TPSA) is 23.5 Å². The maximum Gasteiger partial charge on any atom is 0.0762 e. The van der Waals surface area contributed by atoms with Crippen LogP contribution in [0.2, 0.25) is 5.02 Å². The number of nitrogens with zero attached hydrogens (tertiary/aromatic N) is 1. The number of hydrogen-bond donors (Lipinski definition) is 1. The van der Waals surface area contributed by atoms with Crippen LogP contribution in [-0.2, 0) is 0 Å². The summed E-state index contributed by atoms with van der Waals surface area (Å²) in [5, 5.41) is 10.2. The molecule has 3 heteroatoms. The van der Waals surface area contributed by atoms with Gasteiger partial charge < -0.3 is 10.0 Å². The summed E-state index contributed by atoms with van der Waals surface area (Å²) in [6, 6.07) is 5.79. The molecule has 1 heterocycles. The lowest BCUT2D eigenvalue weighted by atomic mass is 10.1. The number of aliphatic hydroxyl groups is 1. The summed E-state index contributed by atoms with van der Waals surface area (Å²) >= 11 is 6.27. The van der Waals surface area contributed by atoms with Gasteiger partial charge in [0.15, 0.2) is 0 Å². The van der Waals surface area contributed by atoms with Gasteiger partial charge in [-0.3, -0.25) is 0 Å². The number of halogens is 1. The molecule has 0 aromatic heterocycles. The van der Waals surface area contributed by atoms with Crippen molar-refractivity contribution in [1.82, 2.24) is 0 Å². The number of benzene rings is 1. The van der Waals surface area contributed by atoms with Gasteiger partial charge >= 0.3 is 0 Å². The van der Waals surface area contributed by atoms with Crippen molar-refractivity contribution in [2.24, 2.45) is 0 Å². The SMILES string of the molecule is CC1=CCN(c2ccc(C(C)O)cc2Cl)CC1. The van der Waals surface area contributed by atoms with Gasteiger partial charge in [0.2, 0.25) is 0 Å². The molecule has 0 fully saturated rings. The minimum atomic E-state index is -0.468. The Morgan fingerprint density at radius 1 is 1.41 bits per heavy atom. The second-order valence-corrected chi connectivity index (χ2v) is 5.04. The van der Waals surface area contributed by atoms with E-state index in [1.807, 2.05) is 18.2 Å². The third-order valence-corrected chi connectivity index (χ3v) is 3.53. The van der Waals surface area contributed by atoms with Crippen LogP contribution in [0.25, 0.3) is 0 Å². The highest BCUT2D eigenvalue weighted by Crippen LogP contribution is 2.30. The highest BCUT2D eigenvalue weighted by Gasteiger charge is 2.14. The summed E-state index contributed by atoms with van der Waals surface area (Å²) in [5.74, 6) is 0. The minimum absolute atomic E-state index is 0.468. The third-order valence-electron chi connectivity index (χ3n) is 3.23. The van der Waals surface area contributed by atoms with Crippen LogP contribution in [0.5, 0.6) is 0 Å². The van der Waals surface area contributed by atoms with Gasteiger partial charge in [-0.15, -0.1) is 0 Å². The summed E-state index contributed by atoms with van der Waals surface area (Å²) in [6.45, 7) is 5.84. The van der Waals surface area contributed by atoms with E-state index in [0.717, 1.165) is 35.8 Å². The number of aliphatic hydroxyl groups excluding tert-OH is 1. The Morgan fingerprint density at radius 3 is 2.71 bits per heavy atom. The first-order chi connectivity index (χ1) is 8.08. The van der Waals surface area contributed by atoms with E-state index in [2.05, 4.69) is 17.9 Å². The summed E-state index contributed by atoms with van der Waals surface area (Å²) in [6.07, 6.45) is 2.86. The lowest BCUT2D eigenvalue weighted by Crippen LogP contribution is -2.28. The minimum Gasteiger partial charge on any atom is -0.389 e. The van der Waals surface area contributed by atoms with Crippen molar-refractivity contribution in [2.45, 2.75) is 26.4 Å². The molecule has 0 amide bonds. The molecule has 2 nitrogen and oxygen atoms in total. The maximum absolute atomic E-state index is 9.50. The second kappa shape index (κ2) is 5.11. The smallest absolute Gasteiger partial charge is 0.0762 e. The van der Waals surface area contributed by atoms with Crippen LogP contribution in [0, 0.1) is 0 Å². The van der Waals surface area contributed by atoms with E-state index in [1.54, 1.807) is 6.92 Å². The lowest BCUT2D eigenvalue weighted by molar-refractivity contribution is 0.199. The van der Waals surface area contributed by atoms with E-state index < -0.39 is 6.10 Å². The zero-order chi connectivity index (χ0) is 12.4. The van der Waals surface area contributed by atoms with Crippen LogP contribution in [0.4, 0.5) is 5.69 Å². The van der Waals surface area contributed by atoms with E-state index >= 15 is 0 Å². The quantitative estimate of drug-likeness (QED) is 0.813. The molecule has 2 rings (SSSR count). The first-order valence-electron chi connectivity index (χ1n) is 5.96. The number of rotatable bonds is 2. The average Bonchev–Trinajstić information content (AvgIpc) is 2.30. The largest absolute Gasteiger partial charge is 0.389 e. The molecule has 1 aliphatic heterocycles. The maximum atomic E-state index is 9.50. The van der Waals surface area contributed by atoms with Gasteiger partial charge in [0.05, 0.1) is 16.8 Å². The van der Waals surface area contributed by atoms with Crippen molar-refractivity contribution in [2.75, 3.05) is 18.0 Å². The van der Waals surface area contributed by atoms with Crippen molar-refractivity contribution in [1.29, 1.82) is 0 Å². The van der Waals surface area contributed by atoms with Crippen LogP contribution >= 0.6 is 11.6 Å². The molecule has 0 aliphatic carbocycles. The predicted octanol–water partition coefficient (Wildman–Crippen LogP) is 3.55. The molecule has 1 atom stereocenters. The predicted molar refractivity (Wildman–Crippen MR) is 72.7 cm³/mol. The van der Waals surface area contributed by atoms with Crippen LogP contribution in [0.15, 0.2) is 29.8 Å². The van der Waals surface area contributed by atoms with Crippen molar-refractivity contribution in [3.63, 3.8) is 0 Å². The molecule has 1 aromatic carbocycles. The summed E-state index contributed by atoms with van der Waals surface area (Å²) < 4.78 is 0. The van der Waals surface area contributed by atoms with Gasteiger partial charge in [0.25, 0.3) is 0 Å². The molecule has 1 N–H and O–H groups in total. The molecule has 0 spiro atoms. The number of anilines is 1. The standard InChI is InChI=1S/C14H18ClNO/c1-10-5-7-16(8-6-10)14-4-3-12(11(2)17)9-13(14)15/h3-5,9,11,17H,6-8H2,1-2H3. The van der Waals surface area contributed by atoms with Gasteiger partial charge in [0.1, 0.15) is 0 Å². The molecule has 0 bridgehead atoms. The van der Waals surface area contributed by atoms with Crippen molar-refractivity contribution in [3.05, 3.63) is 40.4 Å². The summed E-state index contributed by atoms with van der Waals surface area (Å²) in [5.41, 5.74) is 3.36. The van der Waals surface area contributed by atoms with Crippen LogP contribution < -0.4 is 4.90 Å². The first-order valence-corrected chi connectivity index (χ1v) is 6.34. The monoisotopic (exact) mass is 251 g/mol. The van der Waals surface area contributed by atoms with Gasteiger partial charge in [0, 0.05) is 13.1 Å². The van der Waals surface area contributed by atoms with Gasteiger partial charge in [-0.25, -0.2) is 0 Å². The van der Waals surface area contributed by atoms with Gasteiger partial charge in [-0.1, -0.05) is 29.3 Å². The Kier molecular flexibility index (Phi) is 3.75. The molecule has 0 saturated heterocycles. The van der Waals surface area contributed by atoms with Crippen LogP contribution in [-0.4, -0.2) is 18.2 Å². The Bertz CT molecular complexity index is 440. The summed E-state index contributed by atoms with van der Waals surface area (Å²) in [7, 11) is 0. The summed E-state index contributed by atoms with van der Waals surface area (Å²) in [4.78, 5) is 2.27. The lowest BCUT2D eigenvalue weighted by Gasteiger charge is -2.28. The molecule has 1 unspecified atom stereocenters. The fraction of sp³-hybridized carbons (Fsp3) is 0.429. The number of hydrogen-bond acceptors (Lipinski definition) is 2. The van der Waals surface area contributed by atoms with E-state index in [0.29, 0.717) is 0 Å². The Morgan fingerprint density at radius 2 is 2.18 bits per heavy atom. The molecule has 92 valence electrons. The van der Waals surface area contributed by atoms with Crippen LogP contribution in [0.1, 0.15) is 31.9 Å². The Balaban J connectivity index is 2.22. The normalized spacial score (nSPS) is 17.9. The second-order valence-electron chi connectivity index (χ2n) is 4.63. The zero-order valence-electron chi connectivity index (χ0n) is 10.3. The third kappa shape index (κ3) is 2.82. The van der Waals surface area contributed by atoms with E-state index in [-0.39, 0.29) is 0 Å². The molecular weight excluding hydrogens is 234 g/mol. The van der Waals surface area contributed by atoms with Gasteiger partial charge in [-0.05, 0) is 38.0 Å². The molecular formula is C14H18ClNO. The van der Waals surface area contributed by atoms with Crippen LogP contribution in [0.3, 0.4) is 0 Å². The van der Waals surface area contributed by atoms with E-state index in [4.69, 9.17) is 11.6 Å². The van der Waals surface area contributed by atoms with E-state index in [1.165, 1.54) is 5.57 Å². The molecule has 0 radical (unpaired) electrons. The fourth-order valence-corrected chi connectivity index (χ4v) is 2.34. The highest BCUT2D eigenvalue weighted by molar-refractivity contribution is 6.33. The molecule has 1 aromatic rings. The molecule has 17 heavy (non-hydrogen) atoms. The van der Waals surface area contributed by atoms with Crippen molar-refractivity contribution < 1.29 is 5.11 Å². The van der Waals surface area contributed by atoms with Crippen molar-refractivity contribution >= 4 is 17.3 Å². The van der Waals surface area contributed by atoms with E-state index in [9.17, 15) is 5.11 Å².